The number of hydrogen-bond acceptors (Lipinski definition) is 3. The molecule has 2 heterocycles. The predicted octanol–water partition coefficient (Wildman–Crippen LogP) is 14.6. The smallest absolute Gasteiger partial charge is 0.0682 e. The number of nitrogens with zero attached hydrogens (tertiary/aromatic N) is 2. The van der Waals surface area contributed by atoms with Gasteiger partial charge in [0, 0.05) is 39.4 Å². The van der Waals surface area contributed by atoms with Gasteiger partial charge in [-0.3, -0.25) is 0 Å². The topological polar surface area (TPSA) is 6.48 Å². The average Bonchev–Trinajstić information content (AvgIpc) is 3.65. The van der Waals surface area contributed by atoms with E-state index in [1.165, 1.54) is 48.5 Å². The fourth-order valence-corrected chi connectivity index (χ4v) is 8.47. The molecule has 0 bridgehead atoms. The van der Waals surface area contributed by atoms with E-state index in [0.717, 1.165) is 40.4 Å². The van der Waals surface area contributed by atoms with Crippen LogP contribution < -0.4 is 9.80 Å². The van der Waals surface area contributed by atoms with Gasteiger partial charge in [-0.05, 0) is 93.6 Å². The van der Waals surface area contributed by atoms with Crippen molar-refractivity contribution in [2.75, 3.05) is 16.3 Å². The second kappa shape index (κ2) is 14.7. The molecule has 9 rings (SSSR count). The van der Waals surface area contributed by atoms with Crippen LogP contribution in [-0.4, -0.2) is 6.54 Å². The molecular weight excluding hydrogens is 673 g/mol. The number of anilines is 5. The maximum Gasteiger partial charge on any atom is 0.0682 e. The van der Waals surface area contributed by atoms with Crippen LogP contribution in [-0.2, 0) is 0 Å². The molecule has 1 aliphatic rings. The van der Waals surface area contributed by atoms with E-state index in [2.05, 4.69) is 223 Å². The third-order valence-electron chi connectivity index (χ3n) is 10.0. The summed E-state index contributed by atoms with van der Waals surface area (Å²) < 4.78 is 1.27. The lowest BCUT2D eigenvalue weighted by Gasteiger charge is -2.27. The Hall–Kier alpha value is -6.68. The van der Waals surface area contributed by atoms with Gasteiger partial charge >= 0.3 is 0 Å². The van der Waals surface area contributed by atoms with E-state index < -0.39 is 0 Å². The zero-order valence-corrected chi connectivity index (χ0v) is 30.7. The van der Waals surface area contributed by atoms with Crippen LogP contribution in [0.25, 0.3) is 49.0 Å². The lowest BCUT2D eigenvalue weighted by Crippen LogP contribution is -2.17. The van der Waals surface area contributed by atoms with Crippen molar-refractivity contribution in [3.05, 3.63) is 218 Å². The molecule has 54 heavy (non-hydrogen) atoms. The van der Waals surface area contributed by atoms with Crippen molar-refractivity contribution >= 4 is 55.4 Å². The molecule has 0 unspecified atom stereocenters. The third kappa shape index (κ3) is 6.58. The minimum Gasteiger partial charge on any atom is -0.336 e. The van der Waals surface area contributed by atoms with E-state index in [1.807, 2.05) is 11.3 Å². The standard InChI is InChI=1S/C51H38N2S/c1-37-14-5-4-12-35-52(50-48-21-10-11-22-49(48)54-51(37)50)44-29-23-42(24-30-44)43-19-13-20-47(36-43)53(45-31-25-40(26-32-45)38-15-6-2-7-16-38)46-33-27-41(28-34-46)39-17-8-3-9-18-39/h2-34,36H,1,35H2/b12-4-,14-5-. The van der Waals surface area contributed by atoms with Crippen LogP contribution >= 0.6 is 11.3 Å². The zero-order valence-electron chi connectivity index (χ0n) is 29.8. The van der Waals surface area contributed by atoms with Crippen LogP contribution in [0.5, 0.6) is 0 Å². The molecule has 0 N–H and O–H groups in total. The highest BCUT2D eigenvalue weighted by Gasteiger charge is 2.21. The second-order valence-electron chi connectivity index (χ2n) is 13.5. The van der Waals surface area contributed by atoms with Gasteiger partial charge in [-0.1, -0.05) is 158 Å². The molecular formula is C51H38N2S. The largest absolute Gasteiger partial charge is 0.336 e. The van der Waals surface area contributed by atoms with Crippen LogP contribution in [0.2, 0.25) is 0 Å². The van der Waals surface area contributed by atoms with Crippen molar-refractivity contribution in [3.63, 3.8) is 0 Å². The Balaban J connectivity index is 1.08. The Kier molecular flexibility index (Phi) is 9.06. The van der Waals surface area contributed by atoms with Gasteiger partial charge in [0.2, 0.25) is 0 Å². The molecule has 258 valence electrons. The summed E-state index contributed by atoms with van der Waals surface area (Å²) in [5, 5.41) is 1.26. The number of thiophene rings is 1. The highest BCUT2D eigenvalue weighted by molar-refractivity contribution is 7.20. The number of rotatable bonds is 7. The normalized spacial score (nSPS) is 13.8. The summed E-state index contributed by atoms with van der Waals surface area (Å²) in [6.07, 6.45) is 8.54. The number of benzene rings is 7. The molecule has 0 atom stereocenters. The number of hydrogen-bond donors (Lipinski definition) is 0. The summed E-state index contributed by atoms with van der Waals surface area (Å²) in [5.74, 6) is 0. The fraction of sp³-hybridized carbons (Fsp3) is 0.0196. The van der Waals surface area contributed by atoms with Gasteiger partial charge in [0.05, 0.1) is 10.6 Å². The van der Waals surface area contributed by atoms with E-state index >= 15 is 0 Å². The van der Waals surface area contributed by atoms with Gasteiger partial charge in [0.15, 0.2) is 0 Å². The minimum absolute atomic E-state index is 0.765. The average molecular weight is 711 g/mol. The Morgan fingerprint density at radius 1 is 0.481 bits per heavy atom. The monoisotopic (exact) mass is 710 g/mol. The van der Waals surface area contributed by atoms with E-state index in [1.54, 1.807) is 0 Å². The SMILES string of the molecule is C=C1/C=C\C=C/CN(c2ccc(-c3cccc(N(c4ccc(-c5ccccc5)cc4)c4ccc(-c5ccccc5)cc4)c3)cc2)c2c1sc1ccccc21. The van der Waals surface area contributed by atoms with Gasteiger partial charge in [-0.2, -0.15) is 0 Å². The van der Waals surface area contributed by atoms with Gasteiger partial charge < -0.3 is 9.80 Å². The minimum atomic E-state index is 0.765. The summed E-state index contributed by atoms with van der Waals surface area (Å²) in [5.41, 5.74) is 13.8. The van der Waals surface area contributed by atoms with Crippen molar-refractivity contribution in [2.24, 2.45) is 0 Å². The number of fused-ring (bicyclic) bond motifs is 3. The summed E-state index contributed by atoms with van der Waals surface area (Å²) >= 11 is 1.81. The van der Waals surface area contributed by atoms with Crippen LogP contribution in [0.4, 0.5) is 28.4 Å². The van der Waals surface area contributed by atoms with Crippen LogP contribution in [0.1, 0.15) is 4.88 Å². The Morgan fingerprint density at radius 3 is 1.67 bits per heavy atom. The molecule has 0 fully saturated rings. The fourth-order valence-electron chi connectivity index (χ4n) is 7.31. The Morgan fingerprint density at radius 2 is 1.02 bits per heavy atom. The molecule has 0 spiro atoms. The molecule has 8 aromatic rings. The van der Waals surface area contributed by atoms with Crippen molar-refractivity contribution in [2.45, 2.75) is 0 Å². The molecule has 1 aromatic heterocycles. The quantitative estimate of drug-likeness (QED) is 0.162. The first kappa shape index (κ1) is 33.2. The van der Waals surface area contributed by atoms with E-state index in [-0.39, 0.29) is 0 Å². The molecule has 3 heteroatoms. The molecule has 0 aliphatic carbocycles. The van der Waals surface area contributed by atoms with Gasteiger partial charge in [0.1, 0.15) is 0 Å². The van der Waals surface area contributed by atoms with Gasteiger partial charge in [-0.25, -0.2) is 0 Å². The van der Waals surface area contributed by atoms with Crippen molar-refractivity contribution in [1.82, 2.24) is 0 Å². The molecule has 2 nitrogen and oxygen atoms in total. The van der Waals surface area contributed by atoms with Gasteiger partial charge in [-0.15, -0.1) is 11.3 Å². The van der Waals surface area contributed by atoms with E-state index in [4.69, 9.17) is 0 Å². The van der Waals surface area contributed by atoms with Crippen LogP contribution in [0, 0.1) is 0 Å². The summed E-state index contributed by atoms with van der Waals surface area (Å²) in [4.78, 5) is 5.98. The molecule has 0 saturated carbocycles. The molecule has 0 amide bonds. The van der Waals surface area contributed by atoms with Crippen molar-refractivity contribution in [1.29, 1.82) is 0 Å². The van der Waals surface area contributed by atoms with E-state index in [0.29, 0.717) is 0 Å². The maximum absolute atomic E-state index is 4.44. The summed E-state index contributed by atoms with van der Waals surface area (Å²) in [7, 11) is 0. The molecule has 7 aromatic carbocycles. The third-order valence-corrected chi connectivity index (χ3v) is 11.3. The summed E-state index contributed by atoms with van der Waals surface area (Å²) in [6.45, 7) is 5.20. The van der Waals surface area contributed by atoms with Gasteiger partial charge in [0.25, 0.3) is 0 Å². The summed E-state index contributed by atoms with van der Waals surface area (Å²) in [6, 6.07) is 65.4. The molecule has 0 saturated heterocycles. The van der Waals surface area contributed by atoms with Crippen LogP contribution in [0.15, 0.2) is 213 Å². The van der Waals surface area contributed by atoms with Crippen molar-refractivity contribution < 1.29 is 0 Å². The highest BCUT2D eigenvalue weighted by Crippen LogP contribution is 2.45. The lowest BCUT2D eigenvalue weighted by atomic mass is 10.0. The van der Waals surface area contributed by atoms with Crippen molar-refractivity contribution in [3.8, 4) is 33.4 Å². The first-order chi connectivity index (χ1) is 26.7. The Bertz CT molecular complexity index is 2530. The maximum atomic E-state index is 4.44. The second-order valence-corrected chi connectivity index (χ2v) is 14.5. The first-order valence-electron chi connectivity index (χ1n) is 18.3. The Labute approximate surface area is 321 Å². The predicted molar refractivity (Wildman–Crippen MR) is 234 cm³/mol. The van der Waals surface area contributed by atoms with Crippen LogP contribution in [0.3, 0.4) is 0 Å². The lowest BCUT2D eigenvalue weighted by molar-refractivity contribution is 1.11. The first-order valence-corrected chi connectivity index (χ1v) is 19.1. The number of allylic oxidation sites excluding steroid dienone is 4. The highest BCUT2D eigenvalue weighted by atomic mass is 32.1. The molecule has 1 aliphatic heterocycles. The van der Waals surface area contributed by atoms with E-state index in [9.17, 15) is 0 Å². The zero-order chi connectivity index (χ0) is 36.3. The molecule has 0 radical (unpaired) electrons.